The zero-order chi connectivity index (χ0) is 13.8. The van der Waals surface area contributed by atoms with E-state index in [0.717, 1.165) is 10.2 Å². The fourth-order valence-corrected chi connectivity index (χ4v) is 1.77. The number of carbonyl (C=O) groups is 1. The molecule has 1 unspecified atom stereocenters. The number of rotatable bonds is 4. The van der Waals surface area contributed by atoms with Crippen LogP contribution in [0.25, 0.3) is 0 Å². The smallest absolute Gasteiger partial charge is 0.321 e. The van der Waals surface area contributed by atoms with E-state index < -0.39 is 11.9 Å². The van der Waals surface area contributed by atoms with Crippen molar-refractivity contribution in [3.63, 3.8) is 0 Å². The number of esters is 1. The minimum absolute atomic E-state index is 0.0419. The fraction of sp³-hybridized carbons (Fsp3) is 0.250. The first-order valence-electron chi connectivity index (χ1n) is 5.82. The van der Waals surface area contributed by atoms with Crippen molar-refractivity contribution in [3.8, 4) is 0 Å². The average Bonchev–Trinajstić information content (AvgIpc) is 2.73. The highest BCUT2D eigenvalue weighted by Crippen LogP contribution is 2.24. The maximum atomic E-state index is 12.1. The summed E-state index contributed by atoms with van der Waals surface area (Å²) in [7, 11) is 0. The number of nitrogens with two attached hydrogens (primary N) is 2. The number of ether oxygens (including phenoxy) is 1. The first kappa shape index (κ1) is 12.9. The molecule has 100 valence electrons. The van der Waals surface area contributed by atoms with Crippen LogP contribution in [0.2, 0.25) is 0 Å². The molecule has 7 nitrogen and oxygen atoms in total. The molecule has 0 aliphatic heterocycles. The highest BCUT2D eigenvalue weighted by molar-refractivity contribution is 5.81. The fourth-order valence-electron chi connectivity index (χ4n) is 1.77. The molecule has 0 bridgehead atoms. The van der Waals surface area contributed by atoms with Crippen LogP contribution >= 0.6 is 0 Å². The molecular weight excluding hydrogens is 246 g/mol. The van der Waals surface area contributed by atoms with Gasteiger partial charge in [-0.25, -0.2) is 4.68 Å². The van der Waals surface area contributed by atoms with E-state index in [-0.39, 0.29) is 18.4 Å². The van der Waals surface area contributed by atoms with Gasteiger partial charge in [0.15, 0.2) is 5.82 Å². The SMILES string of the molecule is CCOC(=O)C(c1ccccc1)c1nnc(N)n1N. The van der Waals surface area contributed by atoms with E-state index in [0.29, 0.717) is 0 Å². The summed E-state index contributed by atoms with van der Waals surface area (Å²) in [5, 5.41) is 7.52. The van der Waals surface area contributed by atoms with Gasteiger partial charge in [-0.1, -0.05) is 30.3 Å². The first-order chi connectivity index (χ1) is 9.15. The molecule has 0 saturated carbocycles. The van der Waals surface area contributed by atoms with Crippen molar-refractivity contribution in [2.45, 2.75) is 12.8 Å². The molecule has 0 saturated heterocycles. The van der Waals surface area contributed by atoms with Crippen LogP contribution in [0.5, 0.6) is 0 Å². The van der Waals surface area contributed by atoms with Crippen molar-refractivity contribution in [1.29, 1.82) is 0 Å². The zero-order valence-electron chi connectivity index (χ0n) is 10.5. The van der Waals surface area contributed by atoms with Crippen LogP contribution in [0.4, 0.5) is 5.95 Å². The molecule has 19 heavy (non-hydrogen) atoms. The van der Waals surface area contributed by atoms with Gasteiger partial charge in [0.2, 0.25) is 5.95 Å². The molecule has 0 aliphatic rings. The largest absolute Gasteiger partial charge is 0.465 e. The van der Waals surface area contributed by atoms with Crippen molar-refractivity contribution in [3.05, 3.63) is 41.7 Å². The van der Waals surface area contributed by atoms with Crippen molar-refractivity contribution < 1.29 is 9.53 Å². The highest BCUT2D eigenvalue weighted by atomic mass is 16.5. The Morgan fingerprint density at radius 3 is 2.58 bits per heavy atom. The Hall–Kier alpha value is -2.57. The number of aromatic nitrogens is 3. The van der Waals surface area contributed by atoms with E-state index in [2.05, 4.69) is 10.2 Å². The zero-order valence-corrected chi connectivity index (χ0v) is 10.5. The number of anilines is 1. The molecule has 7 heteroatoms. The van der Waals surface area contributed by atoms with Gasteiger partial charge in [0, 0.05) is 0 Å². The topological polar surface area (TPSA) is 109 Å². The predicted molar refractivity (Wildman–Crippen MR) is 69.5 cm³/mol. The molecule has 1 atom stereocenters. The summed E-state index contributed by atoms with van der Waals surface area (Å²) < 4.78 is 6.15. The first-order valence-corrected chi connectivity index (χ1v) is 5.82. The molecule has 2 aromatic rings. The van der Waals surface area contributed by atoms with Crippen molar-refractivity contribution in [1.82, 2.24) is 14.9 Å². The third-order valence-corrected chi connectivity index (χ3v) is 2.66. The van der Waals surface area contributed by atoms with E-state index in [1.807, 2.05) is 18.2 Å². The second-order valence-electron chi connectivity index (χ2n) is 3.88. The maximum absolute atomic E-state index is 12.1. The molecule has 2 rings (SSSR count). The maximum Gasteiger partial charge on any atom is 0.321 e. The average molecular weight is 261 g/mol. The Balaban J connectivity index is 2.46. The van der Waals surface area contributed by atoms with Crippen LogP contribution in [0.15, 0.2) is 30.3 Å². The van der Waals surface area contributed by atoms with E-state index in [4.69, 9.17) is 16.3 Å². The summed E-state index contributed by atoms with van der Waals surface area (Å²) in [6.07, 6.45) is 0. The van der Waals surface area contributed by atoms with Crippen LogP contribution in [0.3, 0.4) is 0 Å². The second-order valence-corrected chi connectivity index (χ2v) is 3.88. The Kier molecular flexibility index (Phi) is 3.65. The second kappa shape index (κ2) is 5.38. The normalized spacial score (nSPS) is 12.1. The van der Waals surface area contributed by atoms with Crippen LogP contribution in [0, 0.1) is 0 Å². The van der Waals surface area contributed by atoms with Gasteiger partial charge in [0.1, 0.15) is 5.92 Å². The van der Waals surface area contributed by atoms with Gasteiger partial charge in [-0.15, -0.1) is 10.2 Å². The standard InChI is InChI=1S/C12H15N5O2/c1-2-19-11(18)9(8-6-4-3-5-7-8)10-15-16-12(13)17(10)14/h3-7,9H,2,14H2,1H3,(H2,13,16). The molecule has 0 radical (unpaired) electrons. The summed E-state index contributed by atoms with van der Waals surface area (Å²) in [5.41, 5.74) is 6.27. The lowest BCUT2D eigenvalue weighted by Gasteiger charge is -2.14. The minimum atomic E-state index is -0.740. The molecule has 0 fully saturated rings. The van der Waals surface area contributed by atoms with Crippen molar-refractivity contribution in [2.24, 2.45) is 0 Å². The minimum Gasteiger partial charge on any atom is -0.465 e. The quantitative estimate of drug-likeness (QED) is 0.604. The molecular formula is C12H15N5O2. The van der Waals surface area contributed by atoms with Crippen LogP contribution in [0.1, 0.15) is 24.2 Å². The van der Waals surface area contributed by atoms with E-state index in [1.54, 1.807) is 19.1 Å². The molecule has 1 aromatic carbocycles. The molecule has 1 aromatic heterocycles. The van der Waals surface area contributed by atoms with Gasteiger partial charge in [-0.2, -0.15) is 0 Å². The lowest BCUT2D eigenvalue weighted by atomic mass is 9.98. The number of benzene rings is 1. The highest BCUT2D eigenvalue weighted by Gasteiger charge is 2.29. The van der Waals surface area contributed by atoms with Gasteiger partial charge < -0.3 is 16.3 Å². The summed E-state index contributed by atoms with van der Waals surface area (Å²) in [6, 6.07) is 9.09. The van der Waals surface area contributed by atoms with E-state index >= 15 is 0 Å². The Morgan fingerprint density at radius 2 is 2.05 bits per heavy atom. The summed E-state index contributed by atoms with van der Waals surface area (Å²) >= 11 is 0. The number of hydrogen-bond acceptors (Lipinski definition) is 6. The van der Waals surface area contributed by atoms with Crippen molar-refractivity contribution >= 4 is 11.9 Å². The number of nitrogens with zero attached hydrogens (tertiary/aromatic N) is 3. The predicted octanol–water partition coefficient (Wildman–Crippen LogP) is 0.269. The lowest BCUT2D eigenvalue weighted by Crippen LogP contribution is -2.25. The molecule has 0 spiro atoms. The number of nitrogen functional groups attached to an aromatic ring is 2. The van der Waals surface area contributed by atoms with Gasteiger partial charge in [-0.3, -0.25) is 4.79 Å². The van der Waals surface area contributed by atoms with E-state index in [9.17, 15) is 4.79 Å². The molecule has 1 heterocycles. The molecule has 0 amide bonds. The number of hydrogen-bond donors (Lipinski definition) is 2. The monoisotopic (exact) mass is 261 g/mol. The lowest BCUT2D eigenvalue weighted by molar-refractivity contribution is -0.144. The molecule has 4 N–H and O–H groups in total. The summed E-state index contributed by atoms with van der Waals surface area (Å²) in [5.74, 6) is 4.85. The van der Waals surface area contributed by atoms with Gasteiger partial charge >= 0.3 is 5.97 Å². The summed E-state index contributed by atoms with van der Waals surface area (Å²) in [4.78, 5) is 12.1. The third-order valence-electron chi connectivity index (χ3n) is 2.66. The Bertz CT molecular complexity index is 567. The van der Waals surface area contributed by atoms with Crippen LogP contribution in [-0.2, 0) is 9.53 Å². The van der Waals surface area contributed by atoms with E-state index in [1.165, 1.54) is 0 Å². The number of carbonyl (C=O) groups excluding carboxylic acids is 1. The Morgan fingerprint density at radius 1 is 1.37 bits per heavy atom. The van der Waals surface area contributed by atoms with Crippen LogP contribution in [-0.4, -0.2) is 27.4 Å². The van der Waals surface area contributed by atoms with Crippen molar-refractivity contribution in [2.75, 3.05) is 18.2 Å². The Labute approximate surface area is 110 Å². The van der Waals surface area contributed by atoms with Crippen LogP contribution < -0.4 is 11.6 Å². The third kappa shape index (κ3) is 2.49. The van der Waals surface area contributed by atoms with Gasteiger partial charge in [0.05, 0.1) is 6.61 Å². The van der Waals surface area contributed by atoms with Gasteiger partial charge in [-0.05, 0) is 12.5 Å². The van der Waals surface area contributed by atoms with Gasteiger partial charge in [0.25, 0.3) is 0 Å². The molecule has 0 aliphatic carbocycles. The summed E-state index contributed by atoms with van der Waals surface area (Å²) in [6.45, 7) is 2.01.